The van der Waals surface area contributed by atoms with Crippen LogP contribution < -0.4 is 21.7 Å². The predicted molar refractivity (Wildman–Crippen MR) is 201 cm³/mol. The molecule has 2 heterocycles. The number of piperidine rings is 1. The maximum Gasteiger partial charge on any atom is 0.238 e. The maximum atomic E-state index is 13.4. The van der Waals surface area contributed by atoms with Crippen molar-refractivity contribution in [2.45, 2.75) is 135 Å². The number of carbonyl (C=O) groups excluding carboxylic acids is 1. The molecule has 274 valence electrons. The second-order valence-electron chi connectivity index (χ2n) is 14.6. The van der Waals surface area contributed by atoms with Crippen molar-refractivity contribution in [2.24, 2.45) is 17.6 Å². The Morgan fingerprint density at radius 2 is 1.79 bits per heavy atom. The number of allylic oxidation sites excluding steroid dienone is 1. The summed E-state index contributed by atoms with van der Waals surface area (Å²) in [4.78, 5) is 20.8. The lowest BCUT2D eigenvalue weighted by atomic mass is 9.72. The van der Waals surface area contributed by atoms with Crippen molar-refractivity contribution >= 4 is 17.7 Å². The first-order valence-corrected chi connectivity index (χ1v) is 19.0. The number of aliphatic hydroxyl groups is 1. The summed E-state index contributed by atoms with van der Waals surface area (Å²) in [6, 6.07) is 9.77. The molecule has 0 bridgehead atoms. The van der Waals surface area contributed by atoms with E-state index in [0.717, 1.165) is 37.2 Å². The van der Waals surface area contributed by atoms with E-state index in [9.17, 15) is 9.90 Å². The molecule has 4 rings (SSSR count). The summed E-state index contributed by atoms with van der Waals surface area (Å²) in [5.74, 6) is 1.12. The smallest absolute Gasteiger partial charge is 0.238 e. The Hall–Kier alpha value is -1.92. The van der Waals surface area contributed by atoms with Crippen LogP contribution in [0.4, 0.5) is 0 Å². The lowest BCUT2D eigenvalue weighted by molar-refractivity contribution is -0.269. The molecule has 2 aliphatic heterocycles. The molecule has 1 saturated carbocycles. The quantitative estimate of drug-likeness (QED) is 0.0785. The third-order valence-corrected chi connectivity index (χ3v) is 9.91. The van der Waals surface area contributed by atoms with Crippen molar-refractivity contribution in [3.8, 4) is 0 Å². The fourth-order valence-corrected chi connectivity index (χ4v) is 7.60. The van der Waals surface area contributed by atoms with E-state index in [-0.39, 0.29) is 24.1 Å². The van der Waals surface area contributed by atoms with E-state index in [2.05, 4.69) is 71.3 Å². The van der Waals surface area contributed by atoms with Crippen LogP contribution >= 0.6 is 11.8 Å². The van der Waals surface area contributed by atoms with Crippen molar-refractivity contribution in [3.63, 3.8) is 0 Å². The second-order valence-corrected chi connectivity index (χ2v) is 16.2. The van der Waals surface area contributed by atoms with Gasteiger partial charge in [-0.1, -0.05) is 89.4 Å². The Morgan fingerprint density at radius 1 is 1.17 bits per heavy atom. The van der Waals surface area contributed by atoms with E-state index in [1.54, 1.807) is 13.8 Å². The number of amides is 1. The zero-order chi connectivity index (χ0) is 35.7. The van der Waals surface area contributed by atoms with Gasteiger partial charge in [0, 0.05) is 37.1 Å². The monoisotopic (exact) mass is 689 g/mol. The Balaban J connectivity index is 0.000000900. The number of nitrogens with one attached hydrogen (secondary N) is 3. The minimum atomic E-state index is -0.780. The molecule has 1 amide bonds. The summed E-state index contributed by atoms with van der Waals surface area (Å²) < 4.78 is 0. The zero-order valence-corrected chi connectivity index (χ0v) is 31.7. The molecule has 9 nitrogen and oxygen atoms in total. The highest BCUT2D eigenvalue weighted by Crippen LogP contribution is 2.39. The number of benzene rings is 1. The van der Waals surface area contributed by atoms with Crippen LogP contribution in [0, 0.1) is 11.8 Å². The van der Waals surface area contributed by atoms with Crippen LogP contribution in [0.25, 0.3) is 0 Å². The standard InChI is InChI=1S/C32H51N5O2S.C3H8O2.C3H8/c1-22(18-34-19-27-15-14-23(2)40-27)35-28(16-24-10-6-5-7-11-24)30(38)21-37-20-26-13-9-8-12-25(26)17-29(37)31(39)36-32(3,4)33;1-3(2)5-4;1-3-2/h5-7,10-11,15,23,25-26,28-30,34-35,38H,1,8-9,12-14,16-21,33H2,2-4H3,(H,36,39);3-4H,1-2H3;3H2,1-2H3. The molecule has 1 saturated heterocycles. The lowest BCUT2D eigenvalue weighted by Gasteiger charge is -2.47. The molecule has 0 radical (unpaired) electrons. The number of aliphatic hydroxyl groups excluding tert-OH is 1. The van der Waals surface area contributed by atoms with Gasteiger partial charge in [0.2, 0.25) is 5.91 Å². The average molecular weight is 690 g/mol. The SMILES string of the molecule is C=C(CNCC1=CCC(C)S1)NC(Cc1ccccc1)C(O)CN1CC2CCCCC2CC1C(=O)NC(C)(C)N.CC(C)OO.CCC. The van der Waals surface area contributed by atoms with Crippen LogP contribution in [0.1, 0.15) is 99.0 Å². The molecule has 0 aromatic heterocycles. The fraction of sp³-hybridized carbons (Fsp3) is 0.711. The molecule has 1 aliphatic carbocycles. The Labute approximate surface area is 295 Å². The number of β-amino-alcohol motifs (C(OH)–C–C–N with tert-alkyl or cyclic N) is 1. The highest BCUT2D eigenvalue weighted by molar-refractivity contribution is 8.03. The van der Waals surface area contributed by atoms with Crippen LogP contribution in [-0.2, 0) is 16.1 Å². The summed E-state index contributed by atoms with van der Waals surface area (Å²) in [5, 5.41) is 30.1. The number of rotatable bonds is 14. The number of hydrogen-bond acceptors (Lipinski definition) is 9. The molecule has 3 aliphatic rings. The molecular weight excluding hydrogens is 623 g/mol. The van der Waals surface area contributed by atoms with Crippen LogP contribution in [0.3, 0.4) is 0 Å². The van der Waals surface area contributed by atoms with Crippen LogP contribution in [0.5, 0.6) is 0 Å². The van der Waals surface area contributed by atoms with Gasteiger partial charge in [-0.05, 0) is 75.7 Å². The minimum Gasteiger partial charge on any atom is -0.390 e. The highest BCUT2D eigenvalue weighted by Gasteiger charge is 2.41. The summed E-state index contributed by atoms with van der Waals surface area (Å²) in [6.07, 6.45) is 10.4. The van der Waals surface area contributed by atoms with E-state index in [1.165, 1.54) is 37.0 Å². The van der Waals surface area contributed by atoms with Crippen LogP contribution in [-0.4, -0.2) is 82.6 Å². The van der Waals surface area contributed by atoms with Gasteiger partial charge < -0.3 is 26.8 Å². The molecule has 1 aromatic carbocycles. The van der Waals surface area contributed by atoms with Gasteiger partial charge in [0.25, 0.3) is 0 Å². The van der Waals surface area contributed by atoms with Gasteiger partial charge in [0.15, 0.2) is 0 Å². The number of thioether (sulfide) groups is 1. The molecule has 1 aromatic rings. The summed E-state index contributed by atoms with van der Waals surface area (Å²) in [6.45, 7) is 20.7. The first-order chi connectivity index (χ1) is 22.8. The Morgan fingerprint density at radius 3 is 2.35 bits per heavy atom. The normalized spacial score (nSPS) is 23.8. The van der Waals surface area contributed by atoms with E-state index in [0.29, 0.717) is 36.6 Å². The predicted octanol–water partition coefficient (Wildman–Crippen LogP) is 6.05. The number of likely N-dealkylation sites (tertiary alicyclic amines) is 1. The lowest BCUT2D eigenvalue weighted by Crippen LogP contribution is -2.62. The summed E-state index contributed by atoms with van der Waals surface area (Å²) >= 11 is 1.93. The maximum absolute atomic E-state index is 13.4. The van der Waals surface area contributed by atoms with Crippen molar-refractivity contribution in [2.75, 3.05) is 26.2 Å². The second kappa shape index (κ2) is 22.0. The van der Waals surface area contributed by atoms with Crippen molar-refractivity contribution < 1.29 is 20.0 Å². The molecule has 2 fully saturated rings. The van der Waals surface area contributed by atoms with Crippen molar-refractivity contribution in [3.05, 3.63) is 59.2 Å². The van der Waals surface area contributed by atoms with Crippen LogP contribution in [0.2, 0.25) is 0 Å². The van der Waals surface area contributed by atoms with Gasteiger partial charge >= 0.3 is 0 Å². The van der Waals surface area contributed by atoms with Crippen molar-refractivity contribution in [1.82, 2.24) is 20.9 Å². The Bertz CT molecular complexity index is 1100. The average Bonchev–Trinajstić information content (AvgIpc) is 3.45. The van der Waals surface area contributed by atoms with E-state index < -0.39 is 11.8 Å². The zero-order valence-electron chi connectivity index (χ0n) is 30.8. The van der Waals surface area contributed by atoms with E-state index >= 15 is 0 Å². The molecule has 0 spiro atoms. The molecule has 7 N–H and O–H groups in total. The number of nitrogens with two attached hydrogens (primary N) is 1. The number of carbonyl (C=O) groups is 1. The molecule has 10 heteroatoms. The molecular formula is C38H67N5O4S. The molecule has 6 atom stereocenters. The van der Waals surface area contributed by atoms with E-state index in [4.69, 9.17) is 11.0 Å². The van der Waals surface area contributed by atoms with Crippen LogP contribution in [0.15, 0.2) is 53.6 Å². The molecule has 6 unspecified atom stereocenters. The largest absolute Gasteiger partial charge is 0.390 e. The summed E-state index contributed by atoms with van der Waals surface area (Å²) in [7, 11) is 0. The topological polar surface area (TPSA) is 132 Å². The van der Waals surface area contributed by atoms with Gasteiger partial charge in [-0.15, -0.1) is 11.8 Å². The third kappa shape index (κ3) is 16.2. The number of nitrogens with zero attached hydrogens (tertiary/aromatic N) is 1. The van der Waals surface area contributed by atoms with Gasteiger partial charge in [0.05, 0.1) is 30.0 Å². The first kappa shape index (κ1) is 42.2. The fourth-order valence-electron chi connectivity index (χ4n) is 6.51. The third-order valence-electron chi connectivity index (χ3n) is 8.70. The van der Waals surface area contributed by atoms with Gasteiger partial charge in [0.1, 0.15) is 0 Å². The molecule has 48 heavy (non-hydrogen) atoms. The van der Waals surface area contributed by atoms with Gasteiger partial charge in [-0.25, -0.2) is 4.89 Å². The van der Waals surface area contributed by atoms with Crippen molar-refractivity contribution in [1.29, 1.82) is 0 Å². The van der Waals surface area contributed by atoms with Gasteiger partial charge in [-0.2, -0.15) is 0 Å². The summed E-state index contributed by atoms with van der Waals surface area (Å²) in [5.41, 5.74) is 7.41. The van der Waals surface area contributed by atoms with E-state index in [1.807, 2.05) is 43.8 Å². The number of hydrogen-bond donors (Lipinski definition) is 6. The first-order valence-electron chi connectivity index (χ1n) is 18.1. The Kier molecular flexibility index (Phi) is 19.4. The van der Waals surface area contributed by atoms with Gasteiger partial charge in [-0.3, -0.25) is 15.0 Å². The highest BCUT2D eigenvalue weighted by atomic mass is 32.2. The minimum absolute atomic E-state index is 0.0293. The number of fused-ring (bicyclic) bond motifs is 1.